The molecule has 4 aliphatic heterocycles. The zero-order valence-electron chi connectivity index (χ0n) is 23.5. The van der Waals surface area contributed by atoms with Crippen molar-refractivity contribution in [2.45, 2.75) is 76.2 Å². The Morgan fingerprint density at radius 2 is 1.88 bits per heavy atom. The molecule has 3 saturated heterocycles. The van der Waals surface area contributed by atoms with Gasteiger partial charge in [0.2, 0.25) is 17.7 Å². The van der Waals surface area contributed by atoms with Gasteiger partial charge in [-0.15, -0.1) is 0 Å². The Labute approximate surface area is 241 Å². The molecule has 3 amide bonds. The number of rotatable bonds is 7. The molecule has 0 radical (unpaired) electrons. The van der Waals surface area contributed by atoms with Crippen molar-refractivity contribution in [2.24, 2.45) is 23.7 Å². The fourth-order valence-corrected chi connectivity index (χ4v) is 7.97. The average Bonchev–Trinajstić information content (AvgIpc) is 3.58. The molecule has 2 N–H and O–H groups in total. The highest BCUT2D eigenvalue weighted by Gasteiger charge is 2.72. The third-order valence-electron chi connectivity index (χ3n) is 10.2. The first-order valence-corrected chi connectivity index (χ1v) is 15.4. The summed E-state index contributed by atoms with van der Waals surface area (Å²) in [6, 6.07) is 6.23. The van der Waals surface area contributed by atoms with E-state index in [0.717, 1.165) is 38.8 Å². The van der Waals surface area contributed by atoms with E-state index in [4.69, 9.17) is 16.3 Å². The second kappa shape index (κ2) is 11.1. The molecule has 0 unspecified atom stereocenters. The van der Waals surface area contributed by atoms with Crippen LogP contribution in [0.4, 0.5) is 5.69 Å². The minimum absolute atomic E-state index is 0.0650. The molecule has 1 aromatic carbocycles. The van der Waals surface area contributed by atoms with Crippen LogP contribution in [0.2, 0.25) is 5.02 Å². The van der Waals surface area contributed by atoms with Gasteiger partial charge < -0.3 is 25.2 Å². The Hall–Kier alpha value is -2.42. The number of ether oxygens (including phenoxy) is 1. The summed E-state index contributed by atoms with van der Waals surface area (Å²) in [5, 5.41) is 6.79. The highest BCUT2D eigenvalue weighted by Crippen LogP contribution is 2.55. The van der Waals surface area contributed by atoms with Crippen LogP contribution in [-0.2, 0) is 19.1 Å². The normalized spacial score (nSPS) is 37.0. The number of halogens is 1. The van der Waals surface area contributed by atoms with Crippen molar-refractivity contribution in [3.63, 3.8) is 0 Å². The van der Waals surface area contributed by atoms with Gasteiger partial charge in [0.15, 0.2) is 0 Å². The Kier molecular flexibility index (Phi) is 7.70. The van der Waals surface area contributed by atoms with Crippen LogP contribution in [0.1, 0.15) is 52.4 Å². The van der Waals surface area contributed by atoms with Crippen molar-refractivity contribution in [1.82, 2.24) is 15.1 Å². The predicted octanol–water partition coefficient (Wildman–Crippen LogP) is 3.86. The summed E-state index contributed by atoms with van der Waals surface area (Å²) in [5.41, 5.74) is -0.575. The van der Waals surface area contributed by atoms with Crippen molar-refractivity contribution in [2.75, 3.05) is 31.5 Å². The average molecular weight is 569 g/mol. The Balaban J connectivity index is 1.27. The summed E-state index contributed by atoms with van der Waals surface area (Å²) in [6.07, 6.45) is 9.93. The van der Waals surface area contributed by atoms with Gasteiger partial charge in [-0.25, -0.2) is 0 Å². The van der Waals surface area contributed by atoms with Gasteiger partial charge in [0, 0.05) is 29.8 Å². The fraction of sp³-hybridized carbons (Fsp3) is 0.645. The Morgan fingerprint density at radius 3 is 2.65 bits per heavy atom. The van der Waals surface area contributed by atoms with Crippen molar-refractivity contribution in [3.8, 4) is 0 Å². The Morgan fingerprint density at radius 1 is 1.07 bits per heavy atom. The summed E-state index contributed by atoms with van der Waals surface area (Å²) < 4.78 is 6.51. The van der Waals surface area contributed by atoms with Crippen molar-refractivity contribution in [1.29, 1.82) is 0 Å². The van der Waals surface area contributed by atoms with Crippen molar-refractivity contribution in [3.05, 3.63) is 41.4 Å². The van der Waals surface area contributed by atoms with Crippen molar-refractivity contribution >= 4 is 35.0 Å². The molecule has 40 heavy (non-hydrogen) atoms. The van der Waals surface area contributed by atoms with Crippen LogP contribution < -0.4 is 10.6 Å². The van der Waals surface area contributed by atoms with Gasteiger partial charge in [0.05, 0.1) is 17.9 Å². The molecule has 2 bridgehead atoms. The lowest BCUT2D eigenvalue weighted by Crippen LogP contribution is -2.58. The van der Waals surface area contributed by atoms with E-state index in [1.807, 2.05) is 12.2 Å². The highest BCUT2D eigenvalue weighted by molar-refractivity contribution is 6.30. The third-order valence-corrected chi connectivity index (χ3v) is 10.4. The quantitative estimate of drug-likeness (QED) is 0.488. The van der Waals surface area contributed by atoms with Crippen LogP contribution in [0.5, 0.6) is 0 Å². The number of fused-ring (bicyclic) bond motifs is 1. The van der Waals surface area contributed by atoms with Crippen LogP contribution in [-0.4, -0.2) is 77.5 Å². The summed E-state index contributed by atoms with van der Waals surface area (Å²) >= 11 is 6.14. The van der Waals surface area contributed by atoms with Gasteiger partial charge in [-0.3, -0.25) is 14.4 Å². The van der Waals surface area contributed by atoms with Crippen LogP contribution in [0.25, 0.3) is 0 Å². The maximum Gasteiger partial charge on any atom is 0.246 e. The number of amides is 3. The minimum atomic E-state index is -1.15. The maximum absolute atomic E-state index is 14.2. The monoisotopic (exact) mass is 568 g/mol. The van der Waals surface area contributed by atoms with E-state index in [9.17, 15) is 14.4 Å². The highest BCUT2D eigenvalue weighted by atomic mass is 35.5. The Bertz CT molecular complexity index is 1190. The lowest BCUT2D eigenvalue weighted by atomic mass is 9.73. The molecule has 1 saturated carbocycles. The maximum atomic E-state index is 14.2. The molecule has 4 heterocycles. The number of nitrogens with one attached hydrogen (secondary N) is 2. The van der Waals surface area contributed by atoms with Crippen LogP contribution in [0.15, 0.2) is 36.4 Å². The summed E-state index contributed by atoms with van der Waals surface area (Å²) in [4.78, 5) is 46.1. The predicted molar refractivity (Wildman–Crippen MR) is 154 cm³/mol. The van der Waals surface area contributed by atoms with Gasteiger partial charge in [-0.2, -0.15) is 0 Å². The minimum Gasteiger partial charge on any atom is -0.359 e. The molecule has 9 heteroatoms. The number of hydrogen-bond donors (Lipinski definition) is 2. The second-order valence-corrected chi connectivity index (χ2v) is 13.0. The van der Waals surface area contributed by atoms with E-state index in [2.05, 4.69) is 29.4 Å². The number of carbonyl (C=O) groups excluding carboxylic acids is 3. The second-order valence-electron chi connectivity index (χ2n) is 12.5. The zero-order valence-corrected chi connectivity index (χ0v) is 24.2. The molecule has 5 aliphatic rings. The fourth-order valence-electron chi connectivity index (χ4n) is 7.78. The molecule has 1 aliphatic carbocycles. The standard InChI is InChI=1S/C31H41ClN4O4/c1-19-8-6-11-23(20(19)2)34-29(38)27-31-13-12-24(40-31)25(28(37)33-22-10-7-9-21(32)18-22)26(31)30(39)36(27)17-16-35-14-4-3-5-15-35/h7,9-10,12-13,18-20,23-27H,3-6,8,11,14-17H2,1-2H3,(H,33,37)(H,34,38)/t19-,20-,23+,24+,25-,26+,27+,31+/m1/s1. The number of carbonyl (C=O) groups is 3. The summed E-state index contributed by atoms with van der Waals surface area (Å²) in [6.45, 7) is 7.62. The van der Waals surface area contributed by atoms with Crippen LogP contribution in [0.3, 0.4) is 0 Å². The lowest BCUT2D eigenvalue weighted by Gasteiger charge is -2.38. The van der Waals surface area contributed by atoms with E-state index < -0.39 is 29.6 Å². The number of anilines is 1. The smallest absolute Gasteiger partial charge is 0.246 e. The van der Waals surface area contributed by atoms with E-state index >= 15 is 0 Å². The zero-order chi connectivity index (χ0) is 28.0. The van der Waals surface area contributed by atoms with Gasteiger partial charge in [-0.1, -0.05) is 62.9 Å². The van der Waals surface area contributed by atoms with E-state index in [-0.39, 0.29) is 23.8 Å². The summed E-state index contributed by atoms with van der Waals surface area (Å²) in [5.74, 6) is -1.20. The van der Waals surface area contributed by atoms with Gasteiger partial charge in [0.1, 0.15) is 11.6 Å². The van der Waals surface area contributed by atoms with Crippen LogP contribution in [0, 0.1) is 23.7 Å². The molecule has 216 valence electrons. The van der Waals surface area contributed by atoms with Gasteiger partial charge in [-0.05, 0) is 62.4 Å². The number of piperidine rings is 1. The third kappa shape index (κ3) is 4.86. The molecular formula is C31H41ClN4O4. The first-order valence-electron chi connectivity index (χ1n) is 15.1. The largest absolute Gasteiger partial charge is 0.359 e. The van der Waals surface area contributed by atoms with Gasteiger partial charge in [0.25, 0.3) is 0 Å². The molecule has 4 fully saturated rings. The molecule has 0 aromatic heterocycles. The molecular weight excluding hydrogens is 528 g/mol. The van der Waals surface area contributed by atoms with E-state index in [1.165, 1.54) is 12.8 Å². The molecule has 8 nitrogen and oxygen atoms in total. The van der Waals surface area contributed by atoms with E-state index in [1.54, 1.807) is 29.2 Å². The SMILES string of the molecule is C[C@@H]1[C@H](C)CCC[C@@H]1NC(=O)[C@@H]1N(CCN2CCCCC2)C(=O)[C@@H]2[C@H](C(=O)Nc3cccc(Cl)c3)[C@@H]3C=C[C@]21O3. The number of likely N-dealkylation sites (tertiary alicyclic amines) is 2. The summed E-state index contributed by atoms with van der Waals surface area (Å²) in [7, 11) is 0. The van der Waals surface area contributed by atoms with Crippen LogP contribution >= 0.6 is 11.6 Å². The number of benzene rings is 1. The molecule has 1 spiro atoms. The van der Waals surface area contributed by atoms with Gasteiger partial charge >= 0.3 is 0 Å². The molecule has 1 aromatic rings. The first-order chi connectivity index (χ1) is 19.3. The number of hydrogen-bond acceptors (Lipinski definition) is 5. The number of nitrogens with zero attached hydrogens (tertiary/aromatic N) is 2. The molecule has 6 rings (SSSR count). The topological polar surface area (TPSA) is 91.0 Å². The lowest BCUT2D eigenvalue weighted by molar-refractivity contribution is -0.142. The first kappa shape index (κ1) is 27.7. The van der Waals surface area contributed by atoms with Crippen molar-refractivity contribution < 1.29 is 19.1 Å². The van der Waals surface area contributed by atoms with E-state index in [0.29, 0.717) is 35.6 Å². The molecule has 8 atom stereocenters.